The van der Waals surface area contributed by atoms with Gasteiger partial charge in [0.2, 0.25) is 5.91 Å². The molecule has 1 amide bonds. The van der Waals surface area contributed by atoms with Crippen molar-refractivity contribution in [2.24, 2.45) is 11.7 Å². The van der Waals surface area contributed by atoms with E-state index in [1.807, 2.05) is 17.5 Å². The van der Waals surface area contributed by atoms with Crippen molar-refractivity contribution in [3.63, 3.8) is 0 Å². The van der Waals surface area contributed by atoms with Gasteiger partial charge in [-0.2, -0.15) is 0 Å². The lowest BCUT2D eigenvalue weighted by atomic mass is 10.2. The Morgan fingerprint density at radius 2 is 2.22 bits per heavy atom. The van der Waals surface area contributed by atoms with Gasteiger partial charge in [-0.3, -0.25) is 9.78 Å². The number of nitrogens with two attached hydrogens (primary N) is 1. The predicted molar refractivity (Wildman–Crippen MR) is 97.3 cm³/mol. The molecule has 5 nitrogen and oxygen atoms in total. The number of thiazole rings is 1. The highest BCUT2D eigenvalue weighted by Crippen LogP contribution is 2.31. The molecule has 126 valence electrons. The van der Waals surface area contributed by atoms with E-state index in [2.05, 4.69) is 15.3 Å². The van der Waals surface area contributed by atoms with Crippen molar-refractivity contribution in [1.29, 1.82) is 0 Å². The number of hydrogen-bond acceptors (Lipinski definition) is 5. The molecule has 2 heterocycles. The molecule has 0 bridgehead atoms. The fourth-order valence-electron chi connectivity index (χ4n) is 2.16. The summed E-state index contributed by atoms with van der Waals surface area (Å²) in [7, 11) is 0. The van der Waals surface area contributed by atoms with Crippen LogP contribution in [0.15, 0.2) is 29.9 Å². The maximum atomic E-state index is 11.9. The van der Waals surface area contributed by atoms with E-state index in [-0.39, 0.29) is 36.8 Å². The van der Waals surface area contributed by atoms with Gasteiger partial charge in [-0.1, -0.05) is 0 Å². The largest absolute Gasteiger partial charge is 0.354 e. The zero-order valence-electron chi connectivity index (χ0n) is 12.5. The Morgan fingerprint density at radius 3 is 2.87 bits per heavy atom. The molecule has 1 fully saturated rings. The third-order valence-corrected chi connectivity index (χ3v) is 4.50. The molecule has 1 aliphatic carbocycles. The molecular weight excluding hydrogens is 355 g/mol. The summed E-state index contributed by atoms with van der Waals surface area (Å²) < 4.78 is 0. The minimum absolute atomic E-state index is 0. The molecule has 0 radical (unpaired) electrons. The van der Waals surface area contributed by atoms with E-state index < -0.39 is 0 Å². The summed E-state index contributed by atoms with van der Waals surface area (Å²) >= 11 is 1.53. The maximum absolute atomic E-state index is 11.9. The van der Waals surface area contributed by atoms with Crippen LogP contribution in [0.1, 0.15) is 18.5 Å². The summed E-state index contributed by atoms with van der Waals surface area (Å²) in [5.41, 5.74) is 7.73. The van der Waals surface area contributed by atoms with E-state index in [0.29, 0.717) is 18.9 Å². The van der Waals surface area contributed by atoms with Crippen LogP contribution in [0.5, 0.6) is 0 Å². The first-order valence-electron chi connectivity index (χ1n) is 7.09. The third kappa shape index (κ3) is 5.73. The van der Waals surface area contributed by atoms with Gasteiger partial charge < -0.3 is 11.1 Å². The predicted octanol–water partition coefficient (Wildman–Crippen LogP) is 2.44. The van der Waals surface area contributed by atoms with Crippen LogP contribution < -0.4 is 11.1 Å². The fraction of sp³-hybridized carbons (Fsp3) is 0.400. The van der Waals surface area contributed by atoms with Crippen LogP contribution in [-0.4, -0.2) is 28.5 Å². The molecule has 2 aromatic heterocycles. The lowest BCUT2D eigenvalue weighted by Gasteiger charge is -2.10. The highest BCUT2D eigenvalue weighted by molar-refractivity contribution is 7.13. The van der Waals surface area contributed by atoms with Gasteiger partial charge in [0.1, 0.15) is 5.01 Å². The summed E-state index contributed by atoms with van der Waals surface area (Å²) in [5.74, 6) is 0.580. The minimum Gasteiger partial charge on any atom is -0.354 e. The molecule has 1 unspecified atom stereocenters. The monoisotopic (exact) mass is 374 g/mol. The zero-order chi connectivity index (χ0) is 14.7. The van der Waals surface area contributed by atoms with Gasteiger partial charge in [0.25, 0.3) is 0 Å². The van der Waals surface area contributed by atoms with Gasteiger partial charge in [-0.25, -0.2) is 4.98 Å². The summed E-state index contributed by atoms with van der Waals surface area (Å²) in [6.45, 7) is 0.559. The first-order valence-corrected chi connectivity index (χ1v) is 7.97. The second-order valence-corrected chi connectivity index (χ2v) is 6.23. The van der Waals surface area contributed by atoms with Gasteiger partial charge in [-0.05, 0) is 30.9 Å². The topological polar surface area (TPSA) is 80.9 Å². The van der Waals surface area contributed by atoms with Crippen LogP contribution >= 0.6 is 36.2 Å². The second-order valence-electron chi connectivity index (χ2n) is 5.37. The average Bonchev–Trinajstić information content (AvgIpc) is 3.26. The van der Waals surface area contributed by atoms with Crippen molar-refractivity contribution < 1.29 is 4.79 Å². The molecule has 1 aliphatic rings. The number of pyridine rings is 1. The van der Waals surface area contributed by atoms with E-state index in [9.17, 15) is 4.79 Å². The van der Waals surface area contributed by atoms with Crippen molar-refractivity contribution in [2.75, 3.05) is 6.54 Å². The molecule has 3 N–H and O–H groups in total. The van der Waals surface area contributed by atoms with E-state index in [1.165, 1.54) is 24.2 Å². The van der Waals surface area contributed by atoms with Crippen LogP contribution in [0.2, 0.25) is 0 Å². The summed E-state index contributed by atoms with van der Waals surface area (Å²) in [5, 5.41) is 5.70. The Hall–Kier alpha value is -1.21. The first-order chi connectivity index (χ1) is 10.2. The van der Waals surface area contributed by atoms with Crippen molar-refractivity contribution in [2.45, 2.75) is 25.3 Å². The number of carbonyl (C=O) groups excluding carboxylic acids is 1. The lowest BCUT2D eigenvalue weighted by molar-refractivity contribution is -0.120. The number of hydrogen-bond donors (Lipinski definition) is 2. The number of rotatable bonds is 6. The van der Waals surface area contributed by atoms with Crippen LogP contribution in [-0.2, 0) is 11.2 Å². The van der Waals surface area contributed by atoms with E-state index in [4.69, 9.17) is 5.73 Å². The van der Waals surface area contributed by atoms with Crippen LogP contribution in [0.3, 0.4) is 0 Å². The summed E-state index contributed by atoms with van der Waals surface area (Å²) in [4.78, 5) is 20.4. The number of aromatic nitrogens is 2. The molecular formula is C15H20Cl2N4OS. The molecule has 1 atom stereocenters. The Morgan fingerprint density at radius 1 is 1.43 bits per heavy atom. The molecule has 0 aromatic carbocycles. The van der Waals surface area contributed by atoms with Crippen LogP contribution in [0, 0.1) is 5.92 Å². The smallest absolute Gasteiger partial charge is 0.226 e. The Kier molecular flexibility index (Phi) is 7.91. The van der Waals surface area contributed by atoms with Gasteiger partial charge in [0.15, 0.2) is 0 Å². The first kappa shape index (κ1) is 19.8. The molecule has 2 aromatic rings. The van der Waals surface area contributed by atoms with Gasteiger partial charge in [0.05, 0.1) is 12.1 Å². The Balaban J connectivity index is 0.00000132. The van der Waals surface area contributed by atoms with Crippen LogP contribution in [0.4, 0.5) is 0 Å². The Labute approximate surface area is 151 Å². The summed E-state index contributed by atoms with van der Waals surface area (Å²) in [6.07, 6.45) is 6.19. The molecule has 0 saturated heterocycles. The molecule has 3 rings (SSSR count). The molecule has 0 spiro atoms. The minimum atomic E-state index is -0.0193. The van der Waals surface area contributed by atoms with Gasteiger partial charge in [-0.15, -0.1) is 36.2 Å². The number of halogens is 2. The Bertz CT molecular complexity index is 619. The van der Waals surface area contributed by atoms with Crippen molar-refractivity contribution in [3.05, 3.63) is 35.6 Å². The standard InChI is InChI=1S/C15H18N4OS.2ClH/c16-13(10-3-4-10)8-18-14(20)6-12-9-21-15(19-12)11-2-1-5-17-7-11;;/h1-2,5,7,9-10,13H,3-4,6,8,16H2,(H,18,20);2*1H. The normalized spacial score (nSPS) is 14.3. The van der Waals surface area contributed by atoms with Gasteiger partial charge in [0, 0.05) is 35.9 Å². The van der Waals surface area contributed by atoms with Gasteiger partial charge >= 0.3 is 0 Å². The van der Waals surface area contributed by atoms with Crippen molar-refractivity contribution in [1.82, 2.24) is 15.3 Å². The maximum Gasteiger partial charge on any atom is 0.226 e. The zero-order valence-corrected chi connectivity index (χ0v) is 14.9. The fourth-order valence-corrected chi connectivity index (χ4v) is 2.97. The average molecular weight is 375 g/mol. The number of amides is 1. The van der Waals surface area contributed by atoms with E-state index >= 15 is 0 Å². The summed E-state index contributed by atoms with van der Waals surface area (Å²) in [6, 6.07) is 3.93. The molecule has 23 heavy (non-hydrogen) atoms. The van der Waals surface area contributed by atoms with E-state index in [0.717, 1.165) is 16.3 Å². The SMILES string of the molecule is Cl.Cl.NC(CNC(=O)Cc1csc(-c2cccnc2)n1)C1CC1. The number of nitrogens with zero attached hydrogens (tertiary/aromatic N) is 2. The molecule has 0 aliphatic heterocycles. The number of nitrogens with one attached hydrogen (secondary N) is 1. The number of carbonyl (C=O) groups is 1. The van der Waals surface area contributed by atoms with Crippen LogP contribution in [0.25, 0.3) is 10.6 Å². The van der Waals surface area contributed by atoms with Crippen molar-refractivity contribution >= 4 is 42.1 Å². The van der Waals surface area contributed by atoms with Crippen molar-refractivity contribution in [3.8, 4) is 10.6 Å². The highest BCUT2D eigenvalue weighted by Gasteiger charge is 2.28. The molecule has 1 saturated carbocycles. The van der Waals surface area contributed by atoms with E-state index in [1.54, 1.807) is 12.4 Å². The third-order valence-electron chi connectivity index (χ3n) is 3.56. The lowest BCUT2D eigenvalue weighted by Crippen LogP contribution is -2.39. The second kappa shape index (κ2) is 9.17. The molecule has 8 heteroatoms. The quantitative estimate of drug-likeness (QED) is 0.813. The highest BCUT2D eigenvalue weighted by atomic mass is 35.5.